The van der Waals surface area contributed by atoms with Crippen LogP contribution >= 0.6 is 0 Å². The van der Waals surface area contributed by atoms with E-state index >= 15 is 0 Å². The van der Waals surface area contributed by atoms with E-state index in [2.05, 4.69) is 5.32 Å². The van der Waals surface area contributed by atoms with Crippen LogP contribution in [0, 0.1) is 0 Å². The Morgan fingerprint density at radius 1 is 0.906 bits per heavy atom. The molecule has 2 heterocycles. The molecule has 2 aliphatic heterocycles. The highest BCUT2D eigenvalue weighted by atomic mass is 16.2. The van der Waals surface area contributed by atoms with Gasteiger partial charge in [0.15, 0.2) is 5.54 Å². The maximum Gasteiger partial charge on any atom is 0.326 e. The van der Waals surface area contributed by atoms with Gasteiger partial charge < -0.3 is 10.2 Å². The van der Waals surface area contributed by atoms with Crippen LogP contribution in [-0.4, -0.2) is 35.3 Å². The number of imide groups is 1. The first-order valence-corrected chi connectivity index (χ1v) is 10.7. The predicted octanol–water partition coefficient (Wildman–Crippen LogP) is 3.46. The van der Waals surface area contributed by atoms with Crippen LogP contribution in [-0.2, 0) is 21.5 Å². The highest BCUT2D eigenvalue weighted by molar-refractivity contribution is 6.12. The molecule has 160 valence electrons. The molecule has 0 aromatic heterocycles. The minimum absolute atomic E-state index is 0.0336. The van der Waals surface area contributed by atoms with Gasteiger partial charge in [-0.15, -0.1) is 0 Å². The zero-order chi connectivity index (χ0) is 22.3. The number of carbonyl (C=O) groups excluding carboxylic acids is 3. The molecule has 0 radical (unpaired) electrons. The summed E-state index contributed by atoms with van der Waals surface area (Å²) >= 11 is 0. The number of hydrogen-bond donors (Lipinski definition) is 1. The van der Waals surface area contributed by atoms with Crippen molar-refractivity contribution in [2.75, 3.05) is 11.4 Å². The zero-order valence-electron chi connectivity index (χ0n) is 17.7. The second kappa shape index (κ2) is 7.64. The number of amides is 4. The minimum Gasteiger partial charge on any atom is -0.315 e. The lowest BCUT2D eigenvalue weighted by Gasteiger charge is -2.28. The Labute approximate surface area is 186 Å². The second-order valence-electron chi connectivity index (χ2n) is 8.25. The van der Waals surface area contributed by atoms with Crippen molar-refractivity contribution in [2.45, 2.75) is 24.9 Å². The van der Waals surface area contributed by atoms with Crippen LogP contribution < -0.4 is 10.2 Å². The van der Waals surface area contributed by atoms with Gasteiger partial charge in [0.25, 0.3) is 5.91 Å². The number of nitrogens with zero attached hydrogens (tertiary/aromatic N) is 2. The molecule has 1 N–H and O–H groups in total. The second-order valence-corrected chi connectivity index (χ2v) is 8.25. The standard InChI is InChI=1S/C26H23N3O3/c1-18-16-19-10-8-9-15-22(19)29(18)23(30)17-28-24(31)26(27-25(28)32,20-11-4-2-5-12-20)21-13-6-3-7-14-21/h2-15,18H,16-17H2,1H3,(H,27,32)/t18-/m0/s1. The number of fused-ring (bicyclic) bond motifs is 1. The summed E-state index contributed by atoms with van der Waals surface area (Å²) in [5, 5.41) is 2.89. The third-order valence-corrected chi connectivity index (χ3v) is 6.29. The van der Waals surface area contributed by atoms with E-state index in [4.69, 9.17) is 0 Å². The summed E-state index contributed by atoms with van der Waals surface area (Å²) in [6, 6.07) is 25.4. The molecule has 0 aliphatic carbocycles. The van der Waals surface area contributed by atoms with E-state index in [0.29, 0.717) is 11.1 Å². The molecule has 6 heteroatoms. The molecular weight excluding hydrogens is 402 g/mol. The number of urea groups is 1. The van der Waals surface area contributed by atoms with Crippen LogP contribution in [0.1, 0.15) is 23.6 Å². The van der Waals surface area contributed by atoms with E-state index in [9.17, 15) is 14.4 Å². The fourth-order valence-electron chi connectivity index (χ4n) is 4.81. The number of nitrogens with one attached hydrogen (secondary N) is 1. The van der Waals surface area contributed by atoms with Crippen LogP contribution in [0.2, 0.25) is 0 Å². The summed E-state index contributed by atoms with van der Waals surface area (Å²) in [6.45, 7) is 1.66. The van der Waals surface area contributed by atoms with Crippen molar-refractivity contribution in [3.05, 3.63) is 102 Å². The lowest BCUT2D eigenvalue weighted by atomic mass is 9.82. The van der Waals surface area contributed by atoms with Gasteiger partial charge >= 0.3 is 6.03 Å². The first-order valence-electron chi connectivity index (χ1n) is 10.7. The summed E-state index contributed by atoms with van der Waals surface area (Å²) in [5.41, 5.74) is 1.87. The van der Waals surface area contributed by atoms with Crippen LogP contribution in [0.4, 0.5) is 10.5 Å². The molecule has 5 rings (SSSR count). The van der Waals surface area contributed by atoms with E-state index in [1.807, 2.05) is 91.9 Å². The lowest BCUT2D eigenvalue weighted by Crippen LogP contribution is -2.47. The van der Waals surface area contributed by atoms with E-state index < -0.39 is 17.5 Å². The van der Waals surface area contributed by atoms with Gasteiger partial charge in [0.1, 0.15) is 6.54 Å². The Hall–Kier alpha value is -3.93. The van der Waals surface area contributed by atoms with Gasteiger partial charge in [-0.25, -0.2) is 4.79 Å². The molecule has 0 saturated carbocycles. The van der Waals surface area contributed by atoms with Crippen molar-refractivity contribution in [1.82, 2.24) is 10.2 Å². The van der Waals surface area contributed by atoms with Crippen molar-refractivity contribution in [3.63, 3.8) is 0 Å². The maximum atomic E-state index is 13.8. The summed E-state index contributed by atoms with van der Waals surface area (Å²) in [7, 11) is 0. The normalized spacial score (nSPS) is 19.1. The first-order chi connectivity index (χ1) is 15.5. The maximum absolute atomic E-state index is 13.8. The fraction of sp³-hybridized carbons (Fsp3) is 0.192. The third kappa shape index (κ3) is 2.99. The predicted molar refractivity (Wildman–Crippen MR) is 121 cm³/mol. The van der Waals surface area contributed by atoms with Crippen LogP contribution in [0.25, 0.3) is 0 Å². The molecule has 1 atom stereocenters. The fourth-order valence-corrected chi connectivity index (χ4v) is 4.81. The molecule has 0 bridgehead atoms. The lowest BCUT2D eigenvalue weighted by molar-refractivity contribution is -0.133. The Bertz CT molecular complexity index is 1150. The molecule has 32 heavy (non-hydrogen) atoms. The Morgan fingerprint density at radius 3 is 2.09 bits per heavy atom. The quantitative estimate of drug-likeness (QED) is 0.651. The number of para-hydroxylation sites is 1. The molecular formula is C26H23N3O3. The molecule has 6 nitrogen and oxygen atoms in total. The number of hydrogen-bond acceptors (Lipinski definition) is 3. The highest BCUT2D eigenvalue weighted by Crippen LogP contribution is 2.37. The van der Waals surface area contributed by atoms with Gasteiger partial charge in [0, 0.05) is 11.7 Å². The van der Waals surface area contributed by atoms with Crippen LogP contribution in [0.15, 0.2) is 84.9 Å². The van der Waals surface area contributed by atoms with E-state index in [1.165, 1.54) is 0 Å². The topological polar surface area (TPSA) is 69.7 Å². The monoisotopic (exact) mass is 425 g/mol. The average molecular weight is 425 g/mol. The Morgan fingerprint density at radius 2 is 1.47 bits per heavy atom. The van der Waals surface area contributed by atoms with Gasteiger partial charge in [-0.05, 0) is 36.1 Å². The van der Waals surface area contributed by atoms with Crippen LogP contribution in [0.5, 0.6) is 0 Å². The van der Waals surface area contributed by atoms with Gasteiger partial charge in [-0.3, -0.25) is 14.5 Å². The largest absolute Gasteiger partial charge is 0.326 e. The molecule has 4 amide bonds. The molecule has 0 unspecified atom stereocenters. The number of anilines is 1. The summed E-state index contributed by atoms with van der Waals surface area (Å²) in [4.78, 5) is 42.9. The number of carbonyl (C=O) groups is 3. The van der Waals surface area contributed by atoms with Gasteiger partial charge in [-0.2, -0.15) is 0 Å². The Balaban J connectivity index is 1.50. The molecule has 3 aromatic carbocycles. The van der Waals surface area contributed by atoms with Gasteiger partial charge in [0.05, 0.1) is 0 Å². The zero-order valence-corrected chi connectivity index (χ0v) is 17.7. The Kier molecular flexibility index (Phi) is 4.78. The number of benzene rings is 3. The molecule has 1 fully saturated rings. The summed E-state index contributed by atoms with van der Waals surface area (Å²) in [6.07, 6.45) is 0.750. The third-order valence-electron chi connectivity index (χ3n) is 6.29. The van der Waals surface area contributed by atoms with E-state index in [-0.39, 0.29) is 18.5 Å². The van der Waals surface area contributed by atoms with E-state index in [0.717, 1.165) is 22.6 Å². The molecule has 1 saturated heterocycles. The number of rotatable bonds is 4. The molecule has 3 aromatic rings. The molecule has 2 aliphatic rings. The van der Waals surface area contributed by atoms with Crippen molar-refractivity contribution in [1.29, 1.82) is 0 Å². The first kappa shape index (κ1) is 20.0. The van der Waals surface area contributed by atoms with Crippen molar-refractivity contribution in [2.24, 2.45) is 0 Å². The minimum atomic E-state index is -1.37. The SMILES string of the molecule is C[C@H]1Cc2ccccc2N1C(=O)CN1C(=O)NC(c2ccccc2)(c2ccccc2)C1=O. The van der Waals surface area contributed by atoms with E-state index in [1.54, 1.807) is 4.90 Å². The van der Waals surface area contributed by atoms with Crippen molar-refractivity contribution < 1.29 is 14.4 Å². The van der Waals surface area contributed by atoms with Gasteiger partial charge in [0.2, 0.25) is 5.91 Å². The average Bonchev–Trinajstić information content (AvgIpc) is 3.29. The van der Waals surface area contributed by atoms with Crippen molar-refractivity contribution >= 4 is 23.5 Å². The van der Waals surface area contributed by atoms with Gasteiger partial charge in [-0.1, -0.05) is 78.9 Å². The molecule has 0 spiro atoms. The smallest absolute Gasteiger partial charge is 0.315 e. The van der Waals surface area contributed by atoms with Crippen molar-refractivity contribution in [3.8, 4) is 0 Å². The highest BCUT2D eigenvalue weighted by Gasteiger charge is 2.54. The summed E-state index contributed by atoms with van der Waals surface area (Å²) < 4.78 is 0. The van der Waals surface area contributed by atoms with Crippen LogP contribution in [0.3, 0.4) is 0 Å². The summed E-state index contributed by atoms with van der Waals surface area (Å²) in [5.74, 6) is -0.726.